The molecule has 1 N–H and O–H groups in total. The molecule has 3 heterocycles. The van der Waals surface area contributed by atoms with Crippen molar-refractivity contribution in [2.75, 3.05) is 46.0 Å². The van der Waals surface area contributed by atoms with Crippen LogP contribution in [-0.4, -0.2) is 77.8 Å². The Hall–Kier alpha value is -3.48. The second-order valence-electron chi connectivity index (χ2n) is 8.61. The van der Waals surface area contributed by atoms with Gasteiger partial charge in [-0.3, -0.25) is 19.8 Å². The number of morpholine rings is 1. The third kappa shape index (κ3) is 6.27. The normalized spacial score (nSPS) is 19.6. The van der Waals surface area contributed by atoms with E-state index < -0.39 is 16.9 Å². The first kappa shape index (κ1) is 26.6. The topological polar surface area (TPSA) is 127 Å². The highest BCUT2D eigenvalue weighted by molar-refractivity contribution is 8.16. The number of nitrogens with one attached hydrogen (secondary N) is 1. The van der Waals surface area contributed by atoms with Crippen LogP contribution in [-0.2, 0) is 19.1 Å². The predicted octanol–water partition coefficient (Wildman–Crippen LogP) is 2.74. The number of rotatable bonds is 10. The van der Waals surface area contributed by atoms with E-state index in [1.165, 1.54) is 30.0 Å². The van der Waals surface area contributed by atoms with E-state index >= 15 is 0 Å². The highest BCUT2D eigenvalue weighted by Gasteiger charge is 2.41. The highest BCUT2D eigenvalue weighted by Crippen LogP contribution is 2.45. The molecule has 11 nitrogen and oxygen atoms in total. The summed E-state index contributed by atoms with van der Waals surface area (Å²) in [6.07, 6.45) is 1.53. The zero-order valence-electron chi connectivity index (χ0n) is 20.6. The quantitative estimate of drug-likeness (QED) is 0.211. The molecular weight excluding hydrogens is 498 g/mol. The van der Waals surface area contributed by atoms with Crippen LogP contribution in [0.3, 0.4) is 0 Å². The number of carbonyl (C=O) groups is 2. The molecule has 1 saturated heterocycles. The SMILES string of the molecule is C=CCOC(=O)C1=C(C)N=C2SC=C(CC(=O)NCCN3CCOCC3)N2C1c1cccc([N+](=O)[O-])c1. The molecule has 12 heteroatoms. The first-order valence-electron chi connectivity index (χ1n) is 11.9. The number of hydrogen-bond acceptors (Lipinski definition) is 10. The molecule has 1 atom stereocenters. The Labute approximate surface area is 219 Å². The van der Waals surface area contributed by atoms with Crippen molar-refractivity contribution in [2.24, 2.45) is 4.99 Å². The maximum Gasteiger partial charge on any atom is 0.338 e. The van der Waals surface area contributed by atoms with Gasteiger partial charge in [-0.15, -0.1) is 0 Å². The summed E-state index contributed by atoms with van der Waals surface area (Å²) < 4.78 is 10.7. The van der Waals surface area contributed by atoms with E-state index in [-0.39, 0.29) is 30.2 Å². The van der Waals surface area contributed by atoms with E-state index in [1.54, 1.807) is 24.0 Å². The number of amides is 1. The molecule has 0 bridgehead atoms. The number of hydrogen-bond donors (Lipinski definition) is 1. The molecule has 196 valence electrons. The van der Waals surface area contributed by atoms with Crippen molar-refractivity contribution in [1.82, 2.24) is 15.1 Å². The fourth-order valence-electron chi connectivity index (χ4n) is 4.37. The molecule has 0 spiro atoms. The van der Waals surface area contributed by atoms with Crippen LogP contribution in [0.2, 0.25) is 0 Å². The molecular formula is C25H29N5O6S. The van der Waals surface area contributed by atoms with Crippen LogP contribution < -0.4 is 5.32 Å². The number of nitrogens with zero attached hydrogens (tertiary/aromatic N) is 4. The Balaban J connectivity index is 1.56. The number of ether oxygens (including phenoxy) is 2. The molecule has 3 aliphatic rings. The number of carbonyl (C=O) groups excluding carboxylic acids is 2. The lowest BCUT2D eigenvalue weighted by Crippen LogP contribution is -2.42. The molecule has 1 aromatic rings. The number of nitro benzene ring substituents is 1. The van der Waals surface area contributed by atoms with Crippen molar-refractivity contribution in [1.29, 1.82) is 0 Å². The monoisotopic (exact) mass is 527 g/mol. The summed E-state index contributed by atoms with van der Waals surface area (Å²) >= 11 is 1.34. The summed E-state index contributed by atoms with van der Waals surface area (Å²) in [6.45, 7) is 9.61. The predicted molar refractivity (Wildman–Crippen MR) is 140 cm³/mol. The maximum absolute atomic E-state index is 13.1. The van der Waals surface area contributed by atoms with Crippen molar-refractivity contribution < 1.29 is 24.0 Å². The molecule has 4 rings (SSSR count). The van der Waals surface area contributed by atoms with Gasteiger partial charge in [0.05, 0.1) is 41.9 Å². The lowest BCUT2D eigenvalue weighted by atomic mass is 9.93. The van der Waals surface area contributed by atoms with Gasteiger partial charge in [0.2, 0.25) is 5.91 Å². The van der Waals surface area contributed by atoms with E-state index in [9.17, 15) is 19.7 Å². The van der Waals surface area contributed by atoms with Crippen LogP contribution in [0.4, 0.5) is 5.69 Å². The van der Waals surface area contributed by atoms with Crippen molar-refractivity contribution >= 4 is 34.5 Å². The second kappa shape index (κ2) is 12.2. The molecule has 1 unspecified atom stereocenters. The number of non-ortho nitro benzene ring substituents is 1. The van der Waals surface area contributed by atoms with Crippen LogP contribution in [0.1, 0.15) is 24.9 Å². The Bertz CT molecular complexity index is 1170. The number of amidine groups is 1. The molecule has 0 aliphatic carbocycles. The highest BCUT2D eigenvalue weighted by atomic mass is 32.2. The number of esters is 1. The summed E-state index contributed by atoms with van der Waals surface area (Å²) in [5.41, 5.74) is 1.77. The fourth-order valence-corrected chi connectivity index (χ4v) is 5.34. The molecule has 0 radical (unpaired) electrons. The Kier molecular flexibility index (Phi) is 8.74. The first-order valence-corrected chi connectivity index (χ1v) is 12.8. The third-order valence-corrected chi connectivity index (χ3v) is 7.03. The molecule has 1 amide bonds. The van der Waals surface area contributed by atoms with Crippen LogP contribution in [0.15, 0.2) is 64.3 Å². The first-order chi connectivity index (χ1) is 17.9. The summed E-state index contributed by atoms with van der Waals surface area (Å²) in [5.74, 6) is -0.760. The van der Waals surface area contributed by atoms with E-state index in [4.69, 9.17) is 9.47 Å². The Morgan fingerprint density at radius 3 is 2.89 bits per heavy atom. The van der Waals surface area contributed by atoms with Crippen LogP contribution in [0, 0.1) is 10.1 Å². The number of fused-ring (bicyclic) bond motifs is 1. The van der Waals surface area contributed by atoms with Crippen LogP contribution in [0.25, 0.3) is 0 Å². The fraction of sp³-hybridized carbons (Fsp3) is 0.400. The summed E-state index contributed by atoms with van der Waals surface area (Å²) in [5, 5.41) is 16.9. The van der Waals surface area contributed by atoms with Gasteiger partial charge in [0, 0.05) is 44.0 Å². The number of aliphatic imine (C=N–C) groups is 1. The van der Waals surface area contributed by atoms with Crippen molar-refractivity contribution in [3.05, 3.63) is 75.0 Å². The third-order valence-electron chi connectivity index (χ3n) is 6.15. The average molecular weight is 528 g/mol. The van der Waals surface area contributed by atoms with Gasteiger partial charge in [-0.2, -0.15) is 0 Å². The lowest BCUT2D eigenvalue weighted by Gasteiger charge is -2.36. The van der Waals surface area contributed by atoms with E-state index in [0.717, 1.165) is 19.6 Å². The molecule has 3 aliphatic heterocycles. The minimum atomic E-state index is -0.743. The summed E-state index contributed by atoms with van der Waals surface area (Å²) in [7, 11) is 0. The molecule has 0 saturated carbocycles. The molecule has 1 fully saturated rings. The molecule has 0 aromatic heterocycles. The van der Waals surface area contributed by atoms with Crippen molar-refractivity contribution in [3.8, 4) is 0 Å². The van der Waals surface area contributed by atoms with E-state index in [2.05, 4.69) is 21.8 Å². The largest absolute Gasteiger partial charge is 0.458 e. The van der Waals surface area contributed by atoms with E-state index in [1.807, 2.05) is 5.41 Å². The van der Waals surface area contributed by atoms with Crippen LogP contribution >= 0.6 is 11.8 Å². The van der Waals surface area contributed by atoms with Crippen molar-refractivity contribution in [3.63, 3.8) is 0 Å². The number of nitro groups is 1. The Morgan fingerprint density at radius 2 is 2.16 bits per heavy atom. The summed E-state index contributed by atoms with van der Waals surface area (Å²) in [4.78, 5) is 45.6. The zero-order valence-corrected chi connectivity index (χ0v) is 21.4. The lowest BCUT2D eigenvalue weighted by molar-refractivity contribution is -0.384. The maximum atomic E-state index is 13.1. The smallest absolute Gasteiger partial charge is 0.338 e. The van der Waals surface area contributed by atoms with Gasteiger partial charge < -0.3 is 19.7 Å². The van der Waals surface area contributed by atoms with Gasteiger partial charge in [-0.05, 0) is 17.9 Å². The van der Waals surface area contributed by atoms with Gasteiger partial charge in [-0.25, -0.2) is 9.79 Å². The van der Waals surface area contributed by atoms with E-state index in [0.29, 0.717) is 41.9 Å². The second-order valence-corrected chi connectivity index (χ2v) is 9.45. The van der Waals surface area contributed by atoms with Crippen molar-refractivity contribution in [2.45, 2.75) is 19.4 Å². The van der Waals surface area contributed by atoms with Gasteiger partial charge in [-0.1, -0.05) is 36.5 Å². The van der Waals surface area contributed by atoms with Gasteiger partial charge in [0.25, 0.3) is 5.69 Å². The molecule has 1 aromatic carbocycles. The minimum Gasteiger partial charge on any atom is -0.458 e. The zero-order chi connectivity index (χ0) is 26.4. The number of thioether (sulfide) groups is 1. The average Bonchev–Trinajstić information content (AvgIpc) is 3.28. The number of benzene rings is 1. The Morgan fingerprint density at radius 1 is 1.38 bits per heavy atom. The van der Waals surface area contributed by atoms with Crippen LogP contribution in [0.5, 0.6) is 0 Å². The minimum absolute atomic E-state index is 0.0108. The standard InChI is InChI=1S/C25H29N5O6S/c1-3-11-36-24(32)22-17(2)27-25-29(23(22)18-5-4-6-19(14-18)30(33)34)20(16-37-25)15-21(31)26-7-8-28-9-12-35-13-10-28/h3-6,14,16,23H,1,7-13,15H2,2H3,(H,26,31). The van der Waals surface area contributed by atoms with Gasteiger partial charge in [0.15, 0.2) is 5.17 Å². The molecule has 37 heavy (non-hydrogen) atoms. The van der Waals surface area contributed by atoms with Gasteiger partial charge in [0.1, 0.15) is 6.61 Å². The number of allylic oxidation sites excluding steroid dienone is 1. The summed E-state index contributed by atoms with van der Waals surface area (Å²) in [6, 6.07) is 5.38. The van der Waals surface area contributed by atoms with Gasteiger partial charge >= 0.3 is 5.97 Å².